The fourth-order valence-electron chi connectivity index (χ4n) is 2.31. The fraction of sp³-hybridized carbons (Fsp3) is 0.533. The Morgan fingerprint density at radius 2 is 2.24 bits per heavy atom. The smallest absolute Gasteiger partial charge is 0.207 e. The Kier molecular flexibility index (Phi) is 6.85. The van der Waals surface area contributed by atoms with Crippen LogP contribution in [0.4, 0.5) is 0 Å². The van der Waals surface area contributed by atoms with Gasteiger partial charge in [0.2, 0.25) is 6.41 Å². The van der Waals surface area contributed by atoms with E-state index >= 15 is 0 Å². The van der Waals surface area contributed by atoms with Crippen molar-refractivity contribution in [2.45, 2.75) is 43.1 Å². The van der Waals surface area contributed by atoms with E-state index in [1.807, 2.05) is 16.6 Å². The Hall–Kier alpha value is -1.24. The number of nitrogens with zero attached hydrogens (tertiary/aromatic N) is 1. The molecule has 0 atom stereocenters. The quantitative estimate of drug-likeness (QED) is 0.318. The number of phenolic OH excluding ortho intramolecular Hbond substituents is 1. The van der Waals surface area contributed by atoms with Crippen LogP contribution >= 0.6 is 11.9 Å². The Labute approximate surface area is 129 Å². The molecule has 0 unspecified atom stereocenters. The fourth-order valence-corrected chi connectivity index (χ4v) is 3.24. The van der Waals surface area contributed by atoms with Crippen molar-refractivity contribution >= 4 is 18.4 Å². The summed E-state index contributed by atoms with van der Waals surface area (Å²) in [4.78, 5) is 17.2. The van der Waals surface area contributed by atoms with Gasteiger partial charge in [-0.3, -0.25) is 9.63 Å². The molecule has 0 aliphatic heterocycles. The highest BCUT2D eigenvalue weighted by molar-refractivity contribution is 7.96. The van der Waals surface area contributed by atoms with Crippen molar-refractivity contribution in [2.24, 2.45) is 0 Å². The van der Waals surface area contributed by atoms with Crippen molar-refractivity contribution in [3.8, 4) is 5.75 Å². The molecule has 1 aliphatic carbocycles. The van der Waals surface area contributed by atoms with Gasteiger partial charge in [0.05, 0.1) is 6.10 Å². The van der Waals surface area contributed by atoms with E-state index in [0.29, 0.717) is 13.0 Å². The van der Waals surface area contributed by atoms with Crippen LogP contribution in [0.15, 0.2) is 29.2 Å². The van der Waals surface area contributed by atoms with E-state index < -0.39 is 0 Å². The molecule has 1 saturated carbocycles. The molecule has 1 aromatic rings. The molecule has 1 amide bonds. The molecule has 2 N–H and O–H groups in total. The lowest BCUT2D eigenvalue weighted by Crippen LogP contribution is -2.26. The third-order valence-corrected chi connectivity index (χ3v) is 4.28. The normalized spacial score (nSPS) is 15.5. The summed E-state index contributed by atoms with van der Waals surface area (Å²) in [7, 11) is 0. The number of carbonyl (C=O) groups is 1. The molecule has 0 spiro atoms. The zero-order valence-electron chi connectivity index (χ0n) is 12.0. The molecule has 0 radical (unpaired) electrons. The number of hydrogen-bond acceptors (Lipinski definition) is 5. The third kappa shape index (κ3) is 5.95. The first-order chi connectivity index (χ1) is 10.3. The lowest BCUT2D eigenvalue weighted by atomic mass is 10.3. The molecule has 2 rings (SSSR count). The van der Waals surface area contributed by atoms with E-state index in [1.54, 1.807) is 12.1 Å². The van der Waals surface area contributed by atoms with Crippen LogP contribution in [-0.2, 0) is 9.63 Å². The van der Waals surface area contributed by atoms with Crippen LogP contribution in [0, 0.1) is 0 Å². The highest BCUT2D eigenvalue weighted by Crippen LogP contribution is 2.30. The number of hydrogen-bond donors (Lipinski definition) is 2. The summed E-state index contributed by atoms with van der Waals surface area (Å²) in [6.45, 7) is 1.35. The highest BCUT2D eigenvalue weighted by Gasteiger charge is 2.20. The summed E-state index contributed by atoms with van der Waals surface area (Å²) in [5.74, 6) is 0.253. The Morgan fingerprint density at radius 3 is 2.95 bits per heavy atom. The summed E-state index contributed by atoms with van der Waals surface area (Å²) in [5, 5.41) is 12.2. The molecular formula is C15H22N2O3S. The molecule has 6 heteroatoms. The molecule has 5 nitrogen and oxygen atoms in total. The van der Waals surface area contributed by atoms with Crippen LogP contribution in [0.3, 0.4) is 0 Å². The number of rotatable bonds is 9. The first kappa shape index (κ1) is 16.1. The Bertz CT molecular complexity index is 439. The van der Waals surface area contributed by atoms with Gasteiger partial charge >= 0.3 is 0 Å². The zero-order chi connectivity index (χ0) is 14.9. The minimum Gasteiger partial charge on any atom is -0.508 e. The molecule has 1 aliphatic rings. The molecule has 116 valence electrons. The van der Waals surface area contributed by atoms with Crippen LogP contribution in [0.1, 0.15) is 32.1 Å². The summed E-state index contributed by atoms with van der Waals surface area (Å²) >= 11 is 1.48. The van der Waals surface area contributed by atoms with Gasteiger partial charge < -0.3 is 10.4 Å². The molecular weight excluding hydrogens is 288 g/mol. The first-order valence-electron chi connectivity index (χ1n) is 7.36. The number of amides is 1. The van der Waals surface area contributed by atoms with Gasteiger partial charge in [-0.05, 0) is 49.4 Å². The second-order valence-electron chi connectivity index (χ2n) is 5.08. The lowest BCUT2D eigenvalue weighted by molar-refractivity contribution is -0.122. The van der Waals surface area contributed by atoms with Crippen molar-refractivity contribution in [3.05, 3.63) is 24.3 Å². The monoisotopic (exact) mass is 310 g/mol. The molecule has 1 fully saturated rings. The van der Waals surface area contributed by atoms with Crippen LogP contribution < -0.4 is 5.32 Å². The number of hydroxylamine groups is 1. The van der Waals surface area contributed by atoms with Gasteiger partial charge in [-0.15, -0.1) is 4.47 Å². The number of nitrogens with one attached hydrogen (secondary N) is 1. The first-order valence-corrected chi connectivity index (χ1v) is 8.13. The standard InChI is InChI=1S/C15H22N2O3S/c18-12-16-9-4-10-17(20-14-6-1-2-7-14)21-15-8-3-5-13(19)11-15/h3,5,8,11-12,14,19H,1-2,4,6-7,9-10H2,(H,16,18). The number of carbonyl (C=O) groups excluding carboxylic acids is 1. The van der Waals surface area contributed by atoms with E-state index in [4.69, 9.17) is 4.84 Å². The van der Waals surface area contributed by atoms with Crippen molar-refractivity contribution in [3.63, 3.8) is 0 Å². The van der Waals surface area contributed by atoms with Gasteiger partial charge in [0.25, 0.3) is 0 Å². The molecule has 1 aromatic carbocycles. The van der Waals surface area contributed by atoms with Crippen molar-refractivity contribution in [1.82, 2.24) is 9.79 Å². The van der Waals surface area contributed by atoms with E-state index in [2.05, 4.69) is 5.32 Å². The van der Waals surface area contributed by atoms with Gasteiger partial charge in [-0.1, -0.05) is 18.9 Å². The van der Waals surface area contributed by atoms with Crippen LogP contribution in [-0.4, -0.2) is 35.2 Å². The molecule has 0 aromatic heterocycles. The summed E-state index contributed by atoms with van der Waals surface area (Å²) in [6.07, 6.45) is 6.47. The second kappa shape index (κ2) is 8.92. The van der Waals surface area contributed by atoms with Gasteiger partial charge in [-0.25, -0.2) is 0 Å². The average molecular weight is 310 g/mol. The van der Waals surface area contributed by atoms with Gasteiger partial charge in [-0.2, -0.15) is 0 Å². The van der Waals surface area contributed by atoms with Crippen LogP contribution in [0.25, 0.3) is 0 Å². The second-order valence-corrected chi connectivity index (χ2v) is 6.14. The van der Waals surface area contributed by atoms with E-state index in [9.17, 15) is 9.90 Å². The largest absolute Gasteiger partial charge is 0.508 e. The van der Waals surface area contributed by atoms with Crippen LogP contribution in [0.2, 0.25) is 0 Å². The average Bonchev–Trinajstić information content (AvgIpc) is 2.96. The molecule has 21 heavy (non-hydrogen) atoms. The highest BCUT2D eigenvalue weighted by atomic mass is 32.2. The van der Waals surface area contributed by atoms with E-state index in [-0.39, 0.29) is 11.9 Å². The maximum Gasteiger partial charge on any atom is 0.207 e. The van der Waals surface area contributed by atoms with Crippen molar-refractivity contribution < 1.29 is 14.7 Å². The van der Waals surface area contributed by atoms with E-state index in [0.717, 1.165) is 30.7 Å². The number of phenols is 1. The third-order valence-electron chi connectivity index (χ3n) is 3.34. The Morgan fingerprint density at radius 1 is 1.43 bits per heavy atom. The van der Waals surface area contributed by atoms with Gasteiger partial charge in [0.15, 0.2) is 0 Å². The van der Waals surface area contributed by atoms with Gasteiger partial charge in [0.1, 0.15) is 5.75 Å². The van der Waals surface area contributed by atoms with Gasteiger partial charge in [0, 0.05) is 18.0 Å². The molecule has 0 heterocycles. The minimum absolute atomic E-state index is 0.253. The predicted molar refractivity (Wildman–Crippen MR) is 82.7 cm³/mol. The van der Waals surface area contributed by atoms with E-state index in [1.165, 1.54) is 24.8 Å². The molecule has 0 bridgehead atoms. The minimum atomic E-state index is 0.253. The SMILES string of the molecule is O=CNCCCN(OC1CCCC1)Sc1cccc(O)c1. The molecule has 0 saturated heterocycles. The lowest BCUT2D eigenvalue weighted by Gasteiger charge is -2.24. The van der Waals surface area contributed by atoms with Crippen molar-refractivity contribution in [2.75, 3.05) is 13.1 Å². The predicted octanol–water partition coefficient (Wildman–Crippen LogP) is 2.71. The maximum absolute atomic E-state index is 10.3. The maximum atomic E-state index is 10.3. The number of aromatic hydroxyl groups is 1. The number of benzene rings is 1. The van der Waals surface area contributed by atoms with Crippen LogP contribution in [0.5, 0.6) is 5.75 Å². The summed E-state index contributed by atoms with van der Waals surface area (Å²) in [5.41, 5.74) is 0. The summed E-state index contributed by atoms with van der Waals surface area (Å²) < 4.78 is 1.87. The zero-order valence-corrected chi connectivity index (χ0v) is 12.8. The topological polar surface area (TPSA) is 61.8 Å². The Balaban J connectivity index is 1.88. The summed E-state index contributed by atoms with van der Waals surface area (Å²) in [6, 6.07) is 7.14. The van der Waals surface area contributed by atoms with Crippen molar-refractivity contribution in [1.29, 1.82) is 0 Å².